The number of ether oxygens (including phenoxy) is 1. The second kappa shape index (κ2) is 6.93. The van der Waals surface area contributed by atoms with Crippen LogP contribution in [-0.2, 0) is 0 Å². The standard InChI is InChI=1S/C15H18N2O2/c16-9-12-4-3-7-15(8-12)19-11-14(18)10-17-13-5-1-2-6-13/h1-4,7-8,13-14,17-18H,5-6,10-11H2. The molecule has 1 aromatic carbocycles. The number of aliphatic hydroxyl groups is 1. The molecule has 0 fully saturated rings. The van der Waals surface area contributed by atoms with Crippen LogP contribution in [0, 0.1) is 11.3 Å². The minimum Gasteiger partial charge on any atom is -0.491 e. The van der Waals surface area contributed by atoms with E-state index in [4.69, 9.17) is 10.00 Å². The molecule has 2 N–H and O–H groups in total. The van der Waals surface area contributed by atoms with Gasteiger partial charge >= 0.3 is 0 Å². The molecule has 1 aliphatic rings. The number of nitrogens with one attached hydrogen (secondary N) is 1. The van der Waals surface area contributed by atoms with Crippen LogP contribution in [0.4, 0.5) is 0 Å². The molecular formula is C15H18N2O2. The highest BCUT2D eigenvalue weighted by atomic mass is 16.5. The van der Waals surface area contributed by atoms with Crippen molar-refractivity contribution >= 4 is 0 Å². The number of hydrogen-bond acceptors (Lipinski definition) is 4. The van der Waals surface area contributed by atoms with Gasteiger partial charge in [-0.15, -0.1) is 0 Å². The van der Waals surface area contributed by atoms with Crippen LogP contribution in [0.25, 0.3) is 0 Å². The van der Waals surface area contributed by atoms with E-state index in [-0.39, 0.29) is 6.61 Å². The van der Waals surface area contributed by atoms with Gasteiger partial charge in [-0.05, 0) is 31.0 Å². The largest absolute Gasteiger partial charge is 0.491 e. The van der Waals surface area contributed by atoms with E-state index in [1.165, 1.54) is 0 Å². The molecule has 0 aliphatic heterocycles. The molecule has 1 unspecified atom stereocenters. The van der Waals surface area contributed by atoms with Crippen molar-refractivity contribution in [1.82, 2.24) is 5.32 Å². The zero-order chi connectivity index (χ0) is 13.5. The summed E-state index contributed by atoms with van der Waals surface area (Å²) in [5.41, 5.74) is 0.558. The molecule has 2 rings (SSSR count). The fourth-order valence-electron chi connectivity index (χ4n) is 1.99. The summed E-state index contributed by atoms with van der Waals surface area (Å²) >= 11 is 0. The van der Waals surface area contributed by atoms with Crippen molar-refractivity contribution in [2.24, 2.45) is 0 Å². The molecule has 0 saturated carbocycles. The summed E-state index contributed by atoms with van der Waals surface area (Å²) in [7, 11) is 0. The Hall–Kier alpha value is -1.83. The van der Waals surface area contributed by atoms with Crippen LogP contribution in [0.5, 0.6) is 5.75 Å². The maximum Gasteiger partial charge on any atom is 0.120 e. The smallest absolute Gasteiger partial charge is 0.120 e. The summed E-state index contributed by atoms with van der Waals surface area (Å²) in [5, 5.41) is 21.9. The highest BCUT2D eigenvalue weighted by molar-refractivity contribution is 5.36. The van der Waals surface area contributed by atoms with E-state index in [2.05, 4.69) is 23.5 Å². The van der Waals surface area contributed by atoms with E-state index in [9.17, 15) is 5.11 Å². The first-order valence-electron chi connectivity index (χ1n) is 6.47. The Labute approximate surface area is 113 Å². The van der Waals surface area contributed by atoms with Crippen molar-refractivity contribution in [3.05, 3.63) is 42.0 Å². The summed E-state index contributed by atoms with van der Waals surface area (Å²) in [5.74, 6) is 0.612. The molecule has 0 saturated heterocycles. The maximum absolute atomic E-state index is 9.82. The third-order valence-electron chi connectivity index (χ3n) is 3.06. The van der Waals surface area contributed by atoms with Gasteiger partial charge < -0.3 is 15.2 Å². The van der Waals surface area contributed by atoms with E-state index < -0.39 is 6.10 Å². The van der Waals surface area contributed by atoms with Crippen LogP contribution < -0.4 is 10.1 Å². The number of nitriles is 1. The number of hydrogen-bond donors (Lipinski definition) is 2. The second-order valence-electron chi connectivity index (χ2n) is 4.65. The van der Waals surface area contributed by atoms with Gasteiger partial charge in [-0.1, -0.05) is 18.2 Å². The Morgan fingerprint density at radius 1 is 1.42 bits per heavy atom. The molecule has 1 aromatic rings. The van der Waals surface area contributed by atoms with Gasteiger partial charge in [0.05, 0.1) is 11.6 Å². The zero-order valence-electron chi connectivity index (χ0n) is 10.7. The van der Waals surface area contributed by atoms with E-state index in [1.54, 1.807) is 24.3 Å². The lowest BCUT2D eigenvalue weighted by atomic mass is 10.2. The van der Waals surface area contributed by atoms with E-state index >= 15 is 0 Å². The fraction of sp³-hybridized carbons (Fsp3) is 0.400. The zero-order valence-corrected chi connectivity index (χ0v) is 10.7. The van der Waals surface area contributed by atoms with Crippen molar-refractivity contribution in [2.75, 3.05) is 13.2 Å². The monoisotopic (exact) mass is 258 g/mol. The summed E-state index contributed by atoms with van der Waals surface area (Å²) in [6, 6.07) is 9.43. The van der Waals surface area contributed by atoms with E-state index in [0.29, 0.717) is 23.9 Å². The third-order valence-corrected chi connectivity index (χ3v) is 3.06. The minimum atomic E-state index is -0.550. The number of rotatable bonds is 6. The normalized spacial score (nSPS) is 16.2. The fourth-order valence-corrected chi connectivity index (χ4v) is 1.99. The molecule has 1 atom stereocenters. The van der Waals surface area contributed by atoms with Crippen molar-refractivity contribution in [3.8, 4) is 11.8 Å². The summed E-state index contributed by atoms with van der Waals surface area (Å²) in [6.07, 6.45) is 5.80. The third kappa shape index (κ3) is 4.40. The topological polar surface area (TPSA) is 65.3 Å². The molecule has 19 heavy (non-hydrogen) atoms. The molecule has 4 nitrogen and oxygen atoms in total. The van der Waals surface area contributed by atoms with Crippen LogP contribution >= 0.6 is 0 Å². The lowest BCUT2D eigenvalue weighted by molar-refractivity contribution is 0.104. The van der Waals surface area contributed by atoms with Gasteiger partial charge in [0.15, 0.2) is 0 Å². The molecule has 0 radical (unpaired) electrons. The first kappa shape index (κ1) is 13.6. The molecule has 0 aromatic heterocycles. The predicted molar refractivity (Wildman–Crippen MR) is 72.8 cm³/mol. The van der Waals surface area contributed by atoms with Crippen molar-refractivity contribution in [1.29, 1.82) is 5.26 Å². The highest BCUT2D eigenvalue weighted by Gasteiger charge is 2.12. The summed E-state index contributed by atoms with van der Waals surface area (Å²) < 4.78 is 5.47. The first-order chi connectivity index (χ1) is 9.28. The van der Waals surface area contributed by atoms with Crippen LogP contribution in [0.3, 0.4) is 0 Å². The lowest BCUT2D eigenvalue weighted by Crippen LogP contribution is -2.36. The maximum atomic E-state index is 9.82. The first-order valence-corrected chi connectivity index (χ1v) is 6.47. The van der Waals surface area contributed by atoms with Gasteiger partial charge in [0.25, 0.3) is 0 Å². The van der Waals surface area contributed by atoms with Crippen molar-refractivity contribution in [3.63, 3.8) is 0 Å². The number of nitrogens with zero attached hydrogens (tertiary/aromatic N) is 1. The summed E-state index contributed by atoms with van der Waals surface area (Å²) in [6.45, 7) is 0.742. The molecule has 0 spiro atoms. The average Bonchev–Trinajstić information content (AvgIpc) is 2.96. The molecule has 0 amide bonds. The van der Waals surface area contributed by atoms with Gasteiger partial charge in [0.1, 0.15) is 18.5 Å². The predicted octanol–water partition coefficient (Wildman–Crippen LogP) is 1.61. The molecule has 4 heteroatoms. The van der Waals surface area contributed by atoms with Gasteiger partial charge in [-0.3, -0.25) is 0 Å². The number of aliphatic hydroxyl groups excluding tert-OH is 1. The molecular weight excluding hydrogens is 240 g/mol. The SMILES string of the molecule is N#Cc1cccc(OCC(O)CNC2CC=CC2)c1. The van der Waals surface area contributed by atoms with Crippen molar-refractivity contribution in [2.45, 2.75) is 25.0 Å². The molecule has 0 heterocycles. The Bertz CT molecular complexity index is 471. The van der Waals surface area contributed by atoms with Gasteiger partial charge in [-0.25, -0.2) is 0 Å². The second-order valence-corrected chi connectivity index (χ2v) is 4.65. The van der Waals surface area contributed by atoms with E-state index in [1.807, 2.05) is 0 Å². The van der Waals surface area contributed by atoms with Crippen LogP contribution in [0.2, 0.25) is 0 Å². The average molecular weight is 258 g/mol. The Morgan fingerprint density at radius 3 is 2.95 bits per heavy atom. The highest BCUT2D eigenvalue weighted by Crippen LogP contribution is 2.13. The van der Waals surface area contributed by atoms with Crippen molar-refractivity contribution < 1.29 is 9.84 Å². The van der Waals surface area contributed by atoms with Gasteiger partial charge in [0, 0.05) is 12.6 Å². The van der Waals surface area contributed by atoms with Gasteiger partial charge in [-0.2, -0.15) is 5.26 Å². The molecule has 1 aliphatic carbocycles. The quantitative estimate of drug-likeness (QED) is 0.761. The van der Waals surface area contributed by atoms with E-state index in [0.717, 1.165) is 12.8 Å². The van der Waals surface area contributed by atoms with Gasteiger partial charge in [0.2, 0.25) is 0 Å². The number of benzene rings is 1. The minimum absolute atomic E-state index is 0.224. The summed E-state index contributed by atoms with van der Waals surface area (Å²) in [4.78, 5) is 0. The molecule has 0 bridgehead atoms. The molecule has 100 valence electrons. The Balaban J connectivity index is 1.70. The van der Waals surface area contributed by atoms with Crippen LogP contribution in [0.15, 0.2) is 36.4 Å². The Kier molecular flexibility index (Phi) is 4.96. The van der Waals surface area contributed by atoms with Crippen LogP contribution in [-0.4, -0.2) is 30.4 Å². The van der Waals surface area contributed by atoms with Crippen LogP contribution in [0.1, 0.15) is 18.4 Å². The lowest BCUT2D eigenvalue weighted by Gasteiger charge is -2.16. The Morgan fingerprint density at radius 2 is 2.21 bits per heavy atom.